The van der Waals surface area contributed by atoms with Crippen LogP contribution in [0.25, 0.3) is 10.2 Å². The van der Waals surface area contributed by atoms with Gasteiger partial charge in [-0.05, 0) is 38.5 Å². The molecule has 0 aliphatic heterocycles. The average molecular weight is 336 g/mol. The highest BCUT2D eigenvalue weighted by Gasteiger charge is 2.19. The Labute approximate surface area is 132 Å². The summed E-state index contributed by atoms with van der Waals surface area (Å²) < 4.78 is 29.9. The second-order valence-electron chi connectivity index (χ2n) is 5.35. The van der Waals surface area contributed by atoms with E-state index in [2.05, 4.69) is 14.8 Å². The predicted octanol–water partition coefficient (Wildman–Crippen LogP) is 3.18. The summed E-state index contributed by atoms with van der Waals surface area (Å²) in [4.78, 5) is 4.44. The van der Waals surface area contributed by atoms with Crippen LogP contribution in [0.3, 0.4) is 0 Å². The van der Waals surface area contributed by atoms with Crippen LogP contribution in [0.4, 0.5) is 5.13 Å². The van der Waals surface area contributed by atoms with Gasteiger partial charge in [-0.2, -0.15) is 5.10 Å². The molecule has 3 aromatic rings. The van der Waals surface area contributed by atoms with Crippen LogP contribution in [0.2, 0.25) is 0 Å². The molecule has 22 heavy (non-hydrogen) atoms. The van der Waals surface area contributed by atoms with Crippen molar-refractivity contribution >= 4 is 36.7 Å². The minimum absolute atomic E-state index is 0.106. The molecule has 3 rings (SSSR count). The van der Waals surface area contributed by atoms with Crippen molar-refractivity contribution in [3.8, 4) is 0 Å². The molecule has 1 N–H and O–H groups in total. The maximum atomic E-state index is 12.4. The molecule has 0 saturated heterocycles. The molecule has 0 radical (unpaired) electrons. The van der Waals surface area contributed by atoms with Gasteiger partial charge in [0.15, 0.2) is 5.13 Å². The Morgan fingerprint density at radius 2 is 2.09 bits per heavy atom. The van der Waals surface area contributed by atoms with E-state index in [1.54, 1.807) is 4.68 Å². The first-order valence-electron chi connectivity index (χ1n) is 6.79. The zero-order valence-electron chi connectivity index (χ0n) is 12.4. The molecule has 116 valence electrons. The van der Waals surface area contributed by atoms with Gasteiger partial charge in [0.25, 0.3) is 10.0 Å². The zero-order chi connectivity index (χ0) is 15.9. The van der Waals surface area contributed by atoms with Crippen LogP contribution in [0, 0.1) is 6.92 Å². The Balaban J connectivity index is 1.91. The van der Waals surface area contributed by atoms with E-state index < -0.39 is 10.0 Å². The zero-order valence-corrected chi connectivity index (χ0v) is 14.1. The number of rotatable bonds is 4. The number of nitrogens with zero attached hydrogens (tertiary/aromatic N) is 3. The normalized spacial score (nSPS) is 12.2. The third-order valence-electron chi connectivity index (χ3n) is 3.18. The lowest BCUT2D eigenvalue weighted by Gasteiger charge is -2.04. The standard InChI is InChI=1S/C14H16N4O2S2/c1-9(2)18-8-11(7-15-18)22(19,20)17-14-16-12-5-4-10(3)6-13(12)21-14/h4-9H,1-3H3,(H,16,17). The second-order valence-corrected chi connectivity index (χ2v) is 8.06. The highest BCUT2D eigenvalue weighted by molar-refractivity contribution is 7.93. The number of benzene rings is 1. The molecule has 0 atom stereocenters. The number of anilines is 1. The summed E-state index contributed by atoms with van der Waals surface area (Å²) in [5, 5.41) is 4.42. The van der Waals surface area contributed by atoms with Gasteiger partial charge in [-0.3, -0.25) is 9.40 Å². The molecule has 8 heteroatoms. The molecular formula is C14H16N4O2S2. The van der Waals surface area contributed by atoms with Gasteiger partial charge in [0.05, 0.1) is 16.4 Å². The Kier molecular flexibility index (Phi) is 3.65. The van der Waals surface area contributed by atoms with Crippen molar-refractivity contribution in [2.75, 3.05) is 4.72 Å². The summed E-state index contributed by atoms with van der Waals surface area (Å²) in [5.41, 5.74) is 1.90. The summed E-state index contributed by atoms with van der Waals surface area (Å²) in [6.07, 6.45) is 2.87. The van der Waals surface area contributed by atoms with E-state index in [9.17, 15) is 8.42 Å². The molecular weight excluding hydrogens is 320 g/mol. The third-order valence-corrected chi connectivity index (χ3v) is 5.54. The maximum absolute atomic E-state index is 12.4. The molecule has 6 nitrogen and oxygen atoms in total. The first-order valence-corrected chi connectivity index (χ1v) is 9.09. The highest BCUT2D eigenvalue weighted by Crippen LogP contribution is 2.28. The minimum Gasteiger partial charge on any atom is -0.269 e. The summed E-state index contributed by atoms with van der Waals surface area (Å²) >= 11 is 1.32. The summed E-state index contributed by atoms with van der Waals surface area (Å²) in [6.45, 7) is 5.86. The van der Waals surface area contributed by atoms with Crippen LogP contribution in [-0.2, 0) is 10.0 Å². The third kappa shape index (κ3) is 2.84. The van der Waals surface area contributed by atoms with Crippen molar-refractivity contribution < 1.29 is 8.42 Å². The van der Waals surface area contributed by atoms with Crippen molar-refractivity contribution in [3.05, 3.63) is 36.2 Å². The lowest BCUT2D eigenvalue weighted by Crippen LogP contribution is -2.12. The Hall–Kier alpha value is -1.93. The van der Waals surface area contributed by atoms with Gasteiger partial charge >= 0.3 is 0 Å². The van der Waals surface area contributed by atoms with Crippen LogP contribution < -0.4 is 4.72 Å². The number of hydrogen-bond donors (Lipinski definition) is 1. The average Bonchev–Trinajstić information content (AvgIpc) is 3.03. The van der Waals surface area contributed by atoms with Crippen molar-refractivity contribution in [1.82, 2.24) is 14.8 Å². The fraction of sp³-hybridized carbons (Fsp3) is 0.286. The van der Waals surface area contributed by atoms with E-state index >= 15 is 0 Å². The first kappa shape index (κ1) is 15.0. The monoisotopic (exact) mass is 336 g/mol. The molecule has 0 bridgehead atoms. The quantitative estimate of drug-likeness (QED) is 0.794. The molecule has 0 aliphatic rings. The fourth-order valence-electron chi connectivity index (χ4n) is 1.99. The second kappa shape index (κ2) is 5.36. The van der Waals surface area contributed by atoms with E-state index in [1.807, 2.05) is 39.0 Å². The molecule has 2 heterocycles. The summed E-state index contributed by atoms with van der Waals surface area (Å²) in [6, 6.07) is 5.93. The van der Waals surface area contributed by atoms with Gasteiger partial charge < -0.3 is 0 Å². The molecule has 1 aromatic carbocycles. The molecule has 0 unspecified atom stereocenters. The van der Waals surface area contributed by atoms with E-state index in [-0.39, 0.29) is 10.9 Å². The maximum Gasteiger partial charge on any atom is 0.266 e. The van der Waals surface area contributed by atoms with Crippen LogP contribution >= 0.6 is 11.3 Å². The fourth-order valence-corrected chi connectivity index (χ4v) is 4.13. The smallest absolute Gasteiger partial charge is 0.266 e. The Morgan fingerprint density at radius 3 is 2.77 bits per heavy atom. The van der Waals surface area contributed by atoms with Crippen molar-refractivity contribution in [2.24, 2.45) is 0 Å². The van der Waals surface area contributed by atoms with Crippen LogP contribution in [0.15, 0.2) is 35.5 Å². The predicted molar refractivity (Wildman–Crippen MR) is 87.8 cm³/mol. The van der Waals surface area contributed by atoms with E-state index in [4.69, 9.17) is 0 Å². The number of sulfonamides is 1. The molecule has 0 aliphatic carbocycles. The van der Waals surface area contributed by atoms with Crippen molar-refractivity contribution in [1.29, 1.82) is 0 Å². The number of aromatic nitrogens is 3. The minimum atomic E-state index is -3.67. The van der Waals surface area contributed by atoms with E-state index in [0.29, 0.717) is 5.13 Å². The van der Waals surface area contributed by atoms with Gasteiger partial charge in [-0.1, -0.05) is 17.4 Å². The Bertz CT molecular complexity index is 925. The van der Waals surface area contributed by atoms with Gasteiger partial charge in [0.2, 0.25) is 0 Å². The van der Waals surface area contributed by atoms with Crippen LogP contribution in [0.1, 0.15) is 25.5 Å². The van der Waals surface area contributed by atoms with E-state index in [1.165, 1.54) is 23.7 Å². The van der Waals surface area contributed by atoms with Gasteiger partial charge in [0.1, 0.15) is 4.90 Å². The Morgan fingerprint density at radius 1 is 1.32 bits per heavy atom. The number of nitrogens with one attached hydrogen (secondary N) is 1. The SMILES string of the molecule is Cc1ccc2nc(NS(=O)(=O)c3cnn(C(C)C)c3)sc2c1. The van der Waals surface area contributed by atoms with E-state index in [0.717, 1.165) is 15.8 Å². The van der Waals surface area contributed by atoms with Crippen molar-refractivity contribution in [3.63, 3.8) is 0 Å². The van der Waals surface area contributed by atoms with Gasteiger partial charge in [-0.25, -0.2) is 13.4 Å². The number of fused-ring (bicyclic) bond motifs is 1. The first-order chi connectivity index (χ1) is 10.3. The number of aryl methyl sites for hydroxylation is 1. The highest BCUT2D eigenvalue weighted by atomic mass is 32.2. The molecule has 2 aromatic heterocycles. The lowest BCUT2D eigenvalue weighted by molar-refractivity contribution is 0.531. The van der Waals surface area contributed by atoms with Crippen molar-refractivity contribution in [2.45, 2.75) is 31.7 Å². The molecule has 0 amide bonds. The summed E-state index contributed by atoms with van der Waals surface area (Å²) in [5.74, 6) is 0. The van der Waals surface area contributed by atoms with Crippen LogP contribution in [0.5, 0.6) is 0 Å². The lowest BCUT2D eigenvalue weighted by atomic mass is 10.2. The molecule has 0 fully saturated rings. The molecule has 0 saturated carbocycles. The van der Waals surface area contributed by atoms with Gasteiger partial charge in [0, 0.05) is 12.2 Å². The number of hydrogen-bond acceptors (Lipinski definition) is 5. The largest absolute Gasteiger partial charge is 0.269 e. The molecule has 0 spiro atoms. The van der Waals surface area contributed by atoms with Crippen LogP contribution in [-0.4, -0.2) is 23.2 Å². The topological polar surface area (TPSA) is 76.9 Å². The number of thiazole rings is 1. The van der Waals surface area contributed by atoms with Gasteiger partial charge in [-0.15, -0.1) is 0 Å². The summed E-state index contributed by atoms with van der Waals surface area (Å²) in [7, 11) is -3.67.